The molecule has 18 heavy (non-hydrogen) atoms. The Kier molecular flexibility index (Phi) is 1.92. The predicted molar refractivity (Wildman–Crippen MR) is 76.6 cm³/mol. The van der Waals surface area contributed by atoms with Crippen molar-refractivity contribution in [2.24, 2.45) is 0 Å². The first-order valence-electron chi connectivity index (χ1n) is 6.07. The van der Waals surface area contributed by atoms with E-state index in [4.69, 9.17) is 0 Å². The zero-order chi connectivity index (χ0) is 11.9. The van der Waals surface area contributed by atoms with Gasteiger partial charge in [0.1, 0.15) is 0 Å². The zero-order valence-corrected chi connectivity index (χ0v) is 9.77. The molecule has 0 nitrogen and oxygen atoms in total. The molecule has 4 aromatic rings. The molecule has 0 bridgehead atoms. The number of fused-ring (bicyclic) bond motifs is 6. The summed E-state index contributed by atoms with van der Waals surface area (Å²) >= 11 is 0. The quantitative estimate of drug-likeness (QED) is 0.380. The van der Waals surface area contributed by atoms with E-state index in [1.54, 1.807) is 0 Å². The minimum atomic E-state index is 1.19. The lowest BCUT2D eigenvalue weighted by Gasteiger charge is -2.08. The molecule has 0 aliphatic heterocycles. The molecule has 0 spiro atoms. The molecule has 0 amide bonds. The van der Waals surface area contributed by atoms with Crippen molar-refractivity contribution in [2.45, 2.75) is 0 Å². The fourth-order valence-electron chi connectivity index (χ4n) is 2.69. The number of hydrogen-bond donors (Lipinski definition) is 0. The van der Waals surface area contributed by atoms with Gasteiger partial charge in [0.05, 0.1) is 0 Å². The van der Waals surface area contributed by atoms with Crippen LogP contribution in [0.25, 0.3) is 32.3 Å². The Morgan fingerprint density at radius 1 is 0.500 bits per heavy atom. The maximum atomic E-state index is 3.37. The molecule has 2 radical (unpaired) electrons. The van der Waals surface area contributed by atoms with Crippen molar-refractivity contribution in [1.29, 1.82) is 0 Å². The first kappa shape index (κ1) is 9.67. The second kappa shape index (κ2) is 3.58. The molecule has 0 aliphatic rings. The van der Waals surface area contributed by atoms with Gasteiger partial charge in [-0.25, -0.2) is 0 Å². The van der Waals surface area contributed by atoms with Gasteiger partial charge < -0.3 is 0 Å². The summed E-state index contributed by atoms with van der Waals surface area (Å²) in [4.78, 5) is 0. The van der Waals surface area contributed by atoms with E-state index in [0.717, 1.165) is 0 Å². The van der Waals surface area contributed by atoms with E-state index in [1.165, 1.54) is 32.3 Å². The molecule has 0 atom stereocenters. The van der Waals surface area contributed by atoms with Crippen LogP contribution in [0.2, 0.25) is 0 Å². The highest BCUT2D eigenvalue weighted by atomic mass is 14.1. The van der Waals surface area contributed by atoms with E-state index in [-0.39, 0.29) is 0 Å². The van der Waals surface area contributed by atoms with Gasteiger partial charge in [-0.2, -0.15) is 0 Å². The lowest BCUT2D eigenvalue weighted by molar-refractivity contribution is 1.76. The molecule has 4 rings (SSSR count). The maximum Gasteiger partial charge on any atom is -0.00201 e. The van der Waals surface area contributed by atoms with Gasteiger partial charge in [-0.05, 0) is 44.5 Å². The third kappa shape index (κ3) is 1.20. The van der Waals surface area contributed by atoms with Gasteiger partial charge >= 0.3 is 0 Å². The predicted octanol–water partition coefficient (Wildman–Crippen LogP) is 4.75. The van der Waals surface area contributed by atoms with E-state index in [2.05, 4.69) is 48.5 Å². The summed E-state index contributed by atoms with van der Waals surface area (Å²) in [6, 6.07) is 27.6. The van der Waals surface area contributed by atoms with Crippen LogP contribution in [0.4, 0.5) is 0 Å². The average molecular weight is 226 g/mol. The zero-order valence-electron chi connectivity index (χ0n) is 9.77. The SMILES string of the molecule is [c]1cccc2c1c1ccccc1c1[c]cccc12. The van der Waals surface area contributed by atoms with Gasteiger partial charge in [0.15, 0.2) is 0 Å². The van der Waals surface area contributed by atoms with E-state index < -0.39 is 0 Å². The normalized spacial score (nSPS) is 11.3. The molecule has 0 aromatic heterocycles. The van der Waals surface area contributed by atoms with Gasteiger partial charge in [-0.15, -0.1) is 0 Å². The molecule has 0 unspecified atom stereocenters. The standard InChI is InChI=1S/C18H10/c1-2-8-14-13(7-1)15-9-3-4-11-17(15)18-12-6-5-10-16(14)18/h1-8,11-12H. The summed E-state index contributed by atoms with van der Waals surface area (Å²) in [5, 5.41) is 7.40. The molecular formula is C18H10. The van der Waals surface area contributed by atoms with E-state index >= 15 is 0 Å². The molecule has 0 saturated heterocycles. The van der Waals surface area contributed by atoms with Crippen LogP contribution in [0.15, 0.2) is 60.7 Å². The van der Waals surface area contributed by atoms with Crippen LogP contribution in [0.1, 0.15) is 0 Å². The molecule has 0 heterocycles. The van der Waals surface area contributed by atoms with Crippen molar-refractivity contribution >= 4 is 32.3 Å². The van der Waals surface area contributed by atoms with Gasteiger partial charge in [0.25, 0.3) is 0 Å². The number of benzene rings is 4. The van der Waals surface area contributed by atoms with Crippen LogP contribution in [-0.4, -0.2) is 0 Å². The van der Waals surface area contributed by atoms with Crippen LogP contribution >= 0.6 is 0 Å². The van der Waals surface area contributed by atoms with Gasteiger partial charge in [-0.1, -0.05) is 60.7 Å². The smallest absolute Gasteiger partial charge is 0.00201 e. The Hall–Kier alpha value is -2.34. The van der Waals surface area contributed by atoms with Crippen molar-refractivity contribution in [1.82, 2.24) is 0 Å². The lowest BCUT2D eigenvalue weighted by atomic mass is 9.95. The molecule has 0 saturated carbocycles. The molecule has 0 fully saturated rings. The van der Waals surface area contributed by atoms with Crippen LogP contribution in [0, 0.1) is 12.1 Å². The second-order valence-electron chi connectivity index (χ2n) is 4.46. The Balaban J connectivity index is 2.46. The Morgan fingerprint density at radius 2 is 0.889 bits per heavy atom. The lowest BCUT2D eigenvalue weighted by Crippen LogP contribution is -1.82. The fourth-order valence-corrected chi connectivity index (χ4v) is 2.69. The molecule has 82 valence electrons. The van der Waals surface area contributed by atoms with Crippen LogP contribution in [0.5, 0.6) is 0 Å². The summed E-state index contributed by atoms with van der Waals surface area (Å²) in [6.45, 7) is 0. The monoisotopic (exact) mass is 226 g/mol. The van der Waals surface area contributed by atoms with Crippen molar-refractivity contribution in [2.75, 3.05) is 0 Å². The highest BCUT2D eigenvalue weighted by molar-refractivity contribution is 6.24. The van der Waals surface area contributed by atoms with E-state index in [9.17, 15) is 0 Å². The van der Waals surface area contributed by atoms with Crippen molar-refractivity contribution in [3.8, 4) is 0 Å². The van der Waals surface area contributed by atoms with Gasteiger partial charge in [0.2, 0.25) is 0 Å². The first-order chi connectivity index (χ1) is 8.95. The summed E-state index contributed by atoms with van der Waals surface area (Å²) in [7, 11) is 0. The van der Waals surface area contributed by atoms with Crippen LogP contribution in [0.3, 0.4) is 0 Å². The topological polar surface area (TPSA) is 0 Å². The van der Waals surface area contributed by atoms with Crippen molar-refractivity contribution in [3.05, 3.63) is 72.8 Å². The summed E-state index contributed by atoms with van der Waals surface area (Å²) in [6.07, 6.45) is 0. The first-order valence-corrected chi connectivity index (χ1v) is 6.07. The summed E-state index contributed by atoms with van der Waals surface area (Å²) < 4.78 is 0. The summed E-state index contributed by atoms with van der Waals surface area (Å²) in [5.41, 5.74) is 0. The average Bonchev–Trinajstić information content (AvgIpc) is 2.48. The molecule has 4 aromatic carbocycles. The molecular weight excluding hydrogens is 216 g/mol. The minimum absolute atomic E-state index is 1.19. The summed E-state index contributed by atoms with van der Waals surface area (Å²) in [5.74, 6) is 0. The highest BCUT2D eigenvalue weighted by Gasteiger charge is 2.06. The Bertz CT molecular complexity index is 652. The maximum absolute atomic E-state index is 3.37. The molecule has 0 N–H and O–H groups in total. The largest absolute Gasteiger partial charge is 0.0616 e. The second-order valence-corrected chi connectivity index (χ2v) is 4.46. The van der Waals surface area contributed by atoms with Crippen LogP contribution < -0.4 is 0 Å². The Labute approximate surface area is 105 Å². The molecule has 0 aliphatic carbocycles. The third-order valence-electron chi connectivity index (χ3n) is 3.47. The van der Waals surface area contributed by atoms with Crippen molar-refractivity contribution < 1.29 is 0 Å². The molecule has 0 heteroatoms. The van der Waals surface area contributed by atoms with E-state index in [1.807, 2.05) is 24.3 Å². The van der Waals surface area contributed by atoms with Gasteiger partial charge in [0, 0.05) is 0 Å². The van der Waals surface area contributed by atoms with Crippen LogP contribution in [-0.2, 0) is 0 Å². The number of rotatable bonds is 0. The minimum Gasteiger partial charge on any atom is -0.0616 e. The highest BCUT2D eigenvalue weighted by Crippen LogP contribution is 2.33. The van der Waals surface area contributed by atoms with Gasteiger partial charge in [-0.3, -0.25) is 0 Å². The third-order valence-corrected chi connectivity index (χ3v) is 3.47. The number of hydrogen-bond acceptors (Lipinski definition) is 0. The van der Waals surface area contributed by atoms with Crippen molar-refractivity contribution in [3.63, 3.8) is 0 Å². The van der Waals surface area contributed by atoms with E-state index in [0.29, 0.717) is 0 Å². The Morgan fingerprint density at radius 3 is 1.33 bits per heavy atom. The fraction of sp³-hybridized carbons (Fsp3) is 0.